The van der Waals surface area contributed by atoms with Crippen molar-refractivity contribution in [3.63, 3.8) is 0 Å². The van der Waals surface area contributed by atoms with E-state index in [0.717, 1.165) is 4.47 Å². The maximum atomic E-state index is 3.64. The third-order valence-electron chi connectivity index (χ3n) is 3.24. The van der Waals surface area contributed by atoms with Crippen LogP contribution in [0.2, 0.25) is 0 Å². The molecule has 0 amide bonds. The van der Waals surface area contributed by atoms with Crippen molar-refractivity contribution in [2.45, 2.75) is 6.92 Å². The van der Waals surface area contributed by atoms with Crippen molar-refractivity contribution in [2.24, 2.45) is 0 Å². The van der Waals surface area contributed by atoms with Gasteiger partial charge in [0, 0.05) is 10.2 Å². The topological polar surface area (TPSA) is 4.93 Å². The molecule has 0 N–H and O–H groups in total. The van der Waals surface area contributed by atoms with Gasteiger partial charge < -0.3 is 4.57 Å². The fourth-order valence-corrected chi connectivity index (χ4v) is 2.79. The van der Waals surface area contributed by atoms with E-state index in [1.54, 1.807) is 0 Å². The molecule has 2 heteroatoms. The van der Waals surface area contributed by atoms with Crippen LogP contribution in [0.1, 0.15) is 5.69 Å². The van der Waals surface area contributed by atoms with E-state index in [1.165, 1.54) is 22.6 Å². The van der Waals surface area contributed by atoms with E-state index in [4.69, 9.17) is 0 Å². The van der Waals surface area contributed by atoms with Crippen LogP contribution >= 0.6 is 15.9 Å². The molecule has 0 atom stereocenters. The van der Waals surface area contributed by atoms with Crippen molar-refractivity contribution in [1.29, 1.82) is 0 Å². The average Bonchev–Trinajstić information content (AvgIpc) is 2.82. The molecule has 0 aliphatic heterocycles. The summed E-state index contributed by atoms with van der Waals surface area (Å²) in [5, 5.41) is 0. The molecule has 3 rings (SSSR count). The second kappa shape index (κ2) is 5.06. The van der Waals surface area contributed by atoms with Crippen LogP contribution in [0.15, 0.2) is 71.2 Å². The molecule has 19 heavy (non-hydrogen) atoms. The Hall–Kier alpha value is -1.80. The standard InChI is InChI=1S/C17H14BrN/c1-13-11-12-16(14-7-3-2-4-8-14)19(13)17-10-6-5-9-15(17)18/h2-12H,1H3. The lowest BCUT2D eigenvalue weighted by Gasteiger charge is -2.13. The molecule has 1 nitrogen and oxygen atoms in total. The number of rotatable bonds is 2. The molecule has 0 fully saturated rings. The summed E-state index contributed by atoms with van der Waals surface area (Å²) >= 11 is 3.64. The molecule has 3 aromatic rings. The Morgan fingerprint density at radius 2 is 1.47 bits per heavy atom. The lowest BCUT2D eigenvalue weighted by atomic mass is 10.1. The number of aromatic nitrogens is 1. The molecule has 0 saturated heterocycles. The van der Waals surface area contributed by atoms with Crippen molar-refractivity contribution in [3.05, 3.63) is 76.9 Å². The molecule has 0 bridgehead atoms. The molecule has 2 aromatic carbocycles. The number of aryl methyl sites for hydroxylation is 1. The molecule has 0 aliphatic rings. The minimum Gasteiger partial charge on any atom is -0.313 e. The number of hydrogen-bond donors (Lipinski definition) is 0. The van der Waals surface area contributed by atoms with Crippen molar-refractivity contribution in [1.82, 2.24) is 4.57 Å². The highest BCUT2D eigenvalue weighted by Gasteiger charge is 2.10. The smallest absolute Gasteiger partial charge is 0.0600 e. The first-order valence-corrected chi connectivity index (χ1v) is 7.05. The van der Waals surface area contributed by atoms with Gasteiger partial charge in [-0.3, -0.25) is 0 Å². The Balaban J connectivity index is 2.23. The molecule has 0 radical (unpaired) electrons. The normalized spacial score (nSPS) is 10.6. The summed E-state index contributed by atoms with van der Waals surface area (Å²) in [5.41, 5.74) is 4.84. The van der Waals surface area contributed by atoms with Crippen LogP contribution in [0.3, 0.4) is 0 Å². The number of halogens is 1. The summed E-state index contributed by atoms with van der Waals surface area (Å²) in [5.74, 6) is 0. The third-order valence-corrected chi connectivity index (χ3v) is 3.91. The van der Waals surface area contributed by atoms with Gasteiger partial charge in [0.15, 0.2) is 0 Å². The molecular weight excluding hydrogens is 298 g/mol. The summed E-state index contributed by atoms with van der Waals surface area (Å²) in [6, 6.07) is 23.1. The van der Waals surface area contributed by atoms with Crippen LogP contribution < -0.4 is 0 Å². The number of hydrogen-bond acceptors (Lipinski definition) is 0. The molecule has 0 unspecified atom stereocenters. The van der Waals surface area contributed by atoms with E-state index in [1.807, 2.05) is 12.1 Å². The van der Waals surface area contributed by atoms with Crippen LogP contribution in [0.5, 0.6) is 0 Å². The molecule has 0 spiro atoms. The molecule has 0 saturated carbocycles. The highest BCUT2D eigenvalue weighted by molar-refractivity contribution is 9.10. The van der Waals surface area contributed by atoms with Crippen molar-refractivity contribution in [3.8, 4) is 16.9 Å². The fraction of sp³-hybridized carbons (Fsp3) is 0.0588. The molecule has 1 heterocycles. The second-order valence-electron chi connectivity index (χ2n) is 4.51. The van der Waals surface area contributed by atoms with Crippen molar-refractivity contribution >= 4 is 15.9 Å². The van der Waals surface area contributed by atoms with Gasteiger partial charge in [0.05, 0.1) is 11.4 Å². The minimum absolute atomic E-state index is 1.10. The van der Waals surface area contributed by atoms with Gasteiger partial charge in [-0.25, -0.2) is 0 Å². The van der Waals surface area contributed by atoms with Gasteiger partial charge in [0.25, 0.3) is 0 Å². The molecule has 1 aromatic heterocycles. The second-order valence-corrected chi connectivity index (χ2v) is 5.37. The zero-order valence-corrected chi connectivity index (χ0v) is 12.3. The van der Waals surface area contributed by atoms with Crippen LogP contribution in [-0.2, 0) is 0 Å². The summed E-state index contributed by atoms with van der Waals surface area (Å²) in [6.07, 6.45) is 0. The van der Waals surface area contributed by atoms with Crippen LogP contribution in [0.4, 0.5) is 0 Å². The Morgan fingerprint density at radius 3 is 2.21 bits per heavy atom. The van der Waals surface area contributed by atoms with Crippen LogP contribution in [0, 0.1) is 6.92 Å². The van der Waals surface area contributed by atoms with Crippen LogP contribution in [-0.4, -0.2) is 4.57 Å². The predicted octanol–water partition coefficient (Wildman–Crippen LogP) is 5.22. The first-order valence-electron chi connectivity index (χ1n) is 6.26. The first kappa shape index (κ1) is 12.2. The van der Waals surface area contributed by atoms with E-state index < -0.39 is 0 Å². The SMILES string of the molecule is Cc1ccc(-c2ccccc2)n1-c1ccccc1Br. The largest absolute Gasteiger partial charge is 0.313 e. The quantitative estimate of drug-likeness (QED) is 0.612. The van der Waals surface area contributed by atoms with Crippen molar-refractivity contribution < 1.29 is 0 Å². The fourth-order valence-electron chi connectivity index (χ4n) is 2.33. The summed E-state index contributed by atoms with van der Waals surface area (Å²) in [7, 11) is 0. The van der Waals surface area contributed by atoms with E-state index in [-0.39, 0.29) is 0 Å². The maximum Gasteiger partial charge on any atom is 0.0600 e. The van der Waals surface area contributed by atoms with E-state index in [2.05, 4.69) is 82.0 Å². The van der Waals surface area contributed by atoms with Gasteiger partial charge >= 0.3 is 0 Å². The highest BCUT2D eigenvalue weighted by Crippen LogP contribution is 2.29. The van der Waals surface area contributed by atoms with E-state index in [9.17, 15) is 0 Å². The van der Waals surface area contributed by atoms with E-state index >= 15 is 0 Å². The lowest BCUT2D eigenvalue weighted by molar-refractivity contribution is 1.02. The third kappa shape index (κ3) is 2.24. The Labute approximate surface area is 121 Å². The summed E-state index contributed by atoms with van der Waals surface area (Å²) < 4.78 is 3.38. The molecular formula is C17H14BrN. The van der Waals surface area contributed by atoms with Gasteiger partial charge in [-0.1, -0.05) is 42.5 Å². The highest BCUT2D eigenvalue weighted by atomic mass is 79.9. The number of benzene rings is 2. The minimum atomic E-state index is 1.10. The predicted molar refractivity (Wildman–Crippen MR) is 83.6 cm³/mol. The maximum absolute atomic E-state index is 3.64. The lowest BCUT2D eigenvalue weighted by Crippen LogP contribution is -1.99. The monoisotopic (exact) mass is 311 g/mol. The molecule has 94 valence electrons. The Morgan fingerprint density at radius 1 is 0.789 bits per heavy atom. The van der Waals surface area contributed by atoms with Gasteiger partial charge in [-0.15, -0.1) is 0 Å². The number of para-hydroxylation sites is 1. The van der Waals surface area contributed by atoms with Gasteiger partial charge in [-0.05, 0) is 52.7 Å². The van der Waals surface area contributed by atoms with Crippen molar-refractivity contribution in [2.75, 3.05) is 0 Å². The first-order chi connectivity index (χ1) is 9.27. The average molecular weight is 312 g/mol. The zero-order chi connectivity index (χ0) is 13.2. The zero-order valence-electron chi connectivity index (χ0n) is 10.7. The Kier molecular flexibility index (Phi) is 3.26. The number of nitrogens with zero attached hydrogens (tertiary/aromatic N) is 1. The van der Waals surface area contributed by atoms with Crippen LogP contribution in [0.25, 0.3) is 16.9 Å². The van der Waals surface area contributed by atoms with Gasteiger partial charge in [0.2, 0.25) is 0 Å². The summed E-state index contributed by atoms with van der Waals surface area (Å²) in [4.78, 5) is 0. The van der Waals surface area contributed by atoms with Gasteiger partial charge in [-0.2, -0.15) is 0 Å². The van der Waals surface area contributed by atoms with E-state index in [0.29, 0.717) is 0 Å². The Bertz CT molecular complexity index is 698. The molecule has 0 aliphatic carbocycles. The summed E-state index contributed by atoms with van der Waals surface area (Å²) in [6.45, 7) is 2.13. The van der Waals surface area contributed by atoms with Gasteiger partial charge in [0.1, 0.15) is 0 Å².